The Kier molecular flexibility index (Phi) is 4.35. The first-order valence-electron chi connectivity index (χ1n) is 10.2. The van der Waals surface area contributed by atoms with Crippen LogP contribution in [0.4, 0.5) is 19.0 Å². The van der Waals surface area contributed by atoms with Crippen LogP contribution in [0.3, 0.4) is 0 Å². The molecule has 0 bridgehead atoms. The summed E-state index contributed by atoms with van der Waals surface area (Å²) in [5.74, 6) is 0.211. The van der Waals surface area contributed by atoms with Gasteiger partial charge in [-0.3, -0.25) is 9.08 Å². The number of aromatic nitrogens is 5. The number of anilines is 1. The summed E-state index contributed by atoms with van der Waals surface area (Å²) in [5.41, 5.74) is 7.72. The van der Waals surface area contributed by atoms with Crippen molar-refractivity contribution in [2.45, 2.75) is 45.0 Å². The highest BCUT2D eigenvalue weighted by Gasteiger charge is 2.51. The Morgan fingerprint density at radius 1 is 1.16 bits per heavy atom. The zero-order chi connectivity index (χ0) is 22.8. The van der Waals surface area contributed by atoms with Crippen LogP contribution in [-0.2, 0) is 18.6 Å². The van der Waals surface area contributed by atoms with Gasteiger partial charge in [-0.1, -0.05) is 12.1 Å². The number of benzene rings is 1. The van der Waals surface area contributed by atoms with E-state index < -0.39 is 11.8 Å². The number of aryl methyl sites for hydroxylation is 2. The van der Waals surface area contributed by atoms with E-state index in [1.54, 1.807) is 36.0 Å². The highest BCUT2D eigenvalue weighted by Crippen LogP contribution is 2.40. The van der Waals surface area contributed by atoms with Crippen molar-refractivity contribution < 1.29 is 18.3 Å². The fourth-order valence-corrected chi connectivity index (χ4v) is 4.18. The smallest absolute Gasteiger partial charge is 0.381 e. The molecule has 0 fully saturated rings. The molecule has 0 spiro atoms. The minimum Gasteiger partial charge on any atom is -0.381 e. The first-order valence-corrected chi connectivity index (χ1v) is 10.2. The van der Waals surface area contributed by atoms with Crippen molar-refractivity contribution in [1.82, 2.24) is 24.1 Å². The lowest BCUT2D eigenvalue weighted by atomic mass is 9.91. The molecule has 0 saturated carbocycles. The summed E-state index contributed by atoms with van der Waals surface area (Å²) in [4.78, 5) is 8.83. The number of rotatable bonds is 3. The largest absolute Gasteiger partial charge is 0.421 e. The highest BCUT2D eigenvalue weighted by atomic mass is 19.4. The molecule has 1 aromatic carbocycles. The summed E-state index contributed by atoms with van der Waals surface area (Å²) < 4.78 is 43.9. The minimum absolute atomic E-state index is 0.211. The van der Waals surface area contributed by atoms with E-state index in [0.29, 0.717) is 22.6 Å². The number of halogens is 3. The van der Waals surface area contributed by atoms with Crippen molar-refractivity contribution in [3.8, 4) is 22.5 Å². The summed E-state index contributed by atoms with van der Waals surface area (Å²) in [5, 5.41) is 14.6. The molecule has 3 aromatic heterocycles. The van der Waals surface area contributed by atoms with Gasteiger partial charge < -0.3 is 10.8 Å². The van der Waals surface area contributed by atoms with Crippen molar-refractivity contribution in [2.75, 3.05) is 5.73 Å². The second kappa shape index (κ2) is 6.80. The van der Waals surface area contributed by atoms with E-state index in [-0.39, 0.29) is 11.4 Å². The van der Waals surface area contributed by atoms with Gasteiger partial charge in [-0.15, -0.1) is 0 Å². The topological polar surface area (TPSA) is 94.3 Å². The molecule has 4 heterocycles. The second-order valence-corrected chi connectivity index (χ2v) is 8.28. The molecular formula is C22H21F3N6O. The molecular weight excluding hydrogens is 421 g/mol. The van der Waals surface area contributed by atoms with Gasteiger partial charge in [-0.25, -0.2) is 9.97 Å². The van der Waals surface area contributed by atoms with Crippen molar-refractivity contribution in [3.05, 3.63) is 53.6 Å². The van der Waals surface area contributed by atoms with Gasteiger partial charge in [0.05, 0.1) is 23.8 Å². The third kappa shape index (κ3) is 2.97. The maximum absolute atomic E-state index is 13.4. The molecule has 0 amide bonds. The Balaban J connectivity index is 1.69. The summed E-state index contributed by atoms with van der Waals surface area (Å²) in [6.45, 7) is 3.39. The van der Waals surface area contributed by atoms with Crippen LogP contribution in [0.2, 0.25) is 0 Å². The molecule has 1 unspecified atom stereocenters. The number of nitrogen functional groups attached to an aromatic ring is 1. The van der Waals surface area contributed by atoms with Gasteiger partial charge in [-0.05, 0) is 43.9 Å². The van der Waals surface area contributed by atoms with E-state index in [4.69, 9.17) is 5.73 Å². The zero-order valence-corrected chi connectivity index (χ0v) is 17.5. The predicted octanol–water partition coefficient (Wildman–Crippen LogP) is 3.87. The molecule has 1 aliphatic heterocycles. The Morgan fingerprint density at radius 2 is 1.94 bits per heavy atom. The lowest BCUT2D eigenvalue weighted by Gasteiger charge is -2.27. The molecule has 0 aliphatic carbocycles. The highest BCUT2D eigenvalue weighted by molar-refractivity contribution is 5.75. The van der Waals surface area contributed by atoms with Crippen LogP contribution in [0, 0.1) is 6.92 Å². The number of nitrogens with two attached hydrogens (primary N) is 1. The van der Waals surface area contributed by atoms with Crippen LogP contribution in [-0.4, -0.2) is 35.4 Å². The lowest BCUT2D eigenvalue weighted by molar-refractivity contribution is -0.258. The maximum atomic E-state index is 13.4. The average Bonchev–Trinajstić information content (AvgIpc) is 3.42. The van der Waals surface area contributed by atoms with Crippen LogP contribution in [0.15, 0.2) is 36.8 Å². The molecule has 0 radical (unpaired) electrons. The molecule has 1 atom stereocenters. The number of alkyl halides is 3. The minimum atomic E-state index is -4.82. The fraction of sp³-hybridized carbons (Fsp3) is 0.318. The normalized spacial score (nSPS) is 15.8. The van der Waals surface area contributed by atoms with E-state index in [1.807, 2.05) is 4.68 Å². The number of aliphatic hydroxyl groups is 1. The van der Waals surface area contributed by atoms with Gasteiger partial charge >= 0.3 is 6.18 Å². The van der Waals surface area contributed by atoms with Crippen LogP contribution in [0.5, 0.6) is 0 Å². The van der Waals surface area contributed by atoms with Gasteiger partial charge in [-0.2, -0.15) is 18.3 Å². The van der Waals surface area contributed by atoms with Crippen molar-refractivity contribution in [2.24, 2.45) is 0 Å². The summed E-state index contributed by atoms with van der Waals surface area (Å²) in [6, 6.07) is 4.19. The first-order chi connectivity index (χ1) is 15.1. The second-order valence-electron chi connectivity index (χ2n) is 8.28. The first kappa shape index (κ1) is 20.5. The molecule has 0 saturated heterocycles. The summed E-state index contributed by atoms with van der Waals surface area (Å²) in [7, 11) is 0. The number of imidazole rings is 1. The quantitative estimate of drug-likeness (QED) is 0.502. The molecule has 166 valence electrons. The van der Waals surface area contributed by atoms with Gasteiger partial charge in [0.15, 0.2) is 17.1 Å². The van der Waals surface area contributed by atoms with Crippen molar-refractivity contribution in [3.63, 3.8) is 0 Å². The summed E-state index contributed by atoms with van der Waals surface area (Å²) >= 11 is 0. The van der Waals surface area contributed by atoms with Gasteiger partial charge in [0.25, 0.3) is 0 Å². The Morgan fingerprint density at radius 3 is 2.69 bits per heavy atom. The Bertz CT molecular complexity index is 1350. The SMILES string of the molecule is Cc1ccc(C(C)(O)C(F)(F)F)cc1-c1cnc2c(N)nc(-c3cnn4c3CCC4)cn12. The molecule has 7 nitrogen and oxygen atoms in total. The molecule has 1 aliphatic rings. The van der Waals surface area contributed by atoms with E-state index in [9.17, 15) is 18.3 Å². The van der Waals surface area contributed by atoms with Gasteiger partial charge in [0.2, 0.25) is 0 Å². The fourth-order valence-electron chi connectivity index (χ4n) is 4.18. The summed E-state index contributed by atoms with van der Waals surface area (Å²) in [6.07, 6.45) is 2.16. The van der Waals surface area contributed by atoms with Gasteiger partial charge in [0.1, 0.15) is 0 Å². The van der Waals surface area contributed by atoms with E-state index >= 15 is 0 Å². The predicted molar refractivity (Wildman–Crippen MR) is 113 cm³/mol. The molecule has 5 rings (SSSR count). The number of fused-ring (bicyclic) bond motifs is 2. The lowest BCUT2D eigenvalue weighted by Crippen LogP contribution is -2.39. The number of hydrogen-bond donors (Lipinski definition) is 2. The Labute approximate surface area is 181 Å². The monoisotopic (exact) mass is 442 g/mol. The van der Waals surface area contributed by atoms with Crippen molar-refractivity contribution in [1.29, 1.82) is 0 Å². The molecule has 4 aromatic rings. The van der Waals surface area contributed by atoms with Gasteiger partial charge in [0, 0.05) is 29.6 Å². The standard InChI is InChI=1S/C22H21F3N6O/c1-12-5-6-13(21(2,32)22(23,24)25)8-14(12)18-10-27-20-19(26)29-16(11-30(18)20)15-9-28-31-7-3-4-17(15)31/h5-6,8-11,32H,3-4,7H2,1-2H3,(H2,26,29). The molecule has 32 heavy (non-hydrogen) atoms. The average molecular weight is 442 g/mol. The van der Waals surface area contributed by atoms with E-state index in [0.717, 1.165) is 43.1 Å². The maximum Gasteiger partial charge on any atom is 0.421 e. The Hall–Kier alpha value is -3.40. The zero-order valence-electron chi connectivity index (χ0n) is 17.5. The number of nitrogens with zero attached hydrogens (tertiary/aromatic N) is 5. The third-order valence-corrected chi connectivity index (χ3v) is 6.15. The third-order valence-electron chi connectivity index (χ3n) is 6.15. The van der Waals surface area contributed by atoms with Crippen molar-refractivity contribution >= 4 is 11.5 Å². The van der Waals surface area contributed by atoms with Crippen LogP contribution >= 0.6 is 0 Å². The van der Waals surface area contributed by atoms with Crippen LogP contribution < -0.4 is 5.73 Å². The van der Waals surface area contributed by atoms with E-state index in [2.05, 4.69) is 15.1 Å². The van der Waals surface area contributed by atoms with Crippen LogP contribution in [0.25, 0.3) is 28.2 Å². The number of hydrogen-bond acceptors (Lipinski definition) is 5. The molecule has 3 N–H and O–H groups in total. The van der Waals surface area contributed by atoms with Crippen LogP contribution in [0.1, 0.15) is 30.2 Å². The molecule has 10 heteroatoms. The van der Waals surface area contributed by atoms with E-state index in [1.165, 1.54) is 12.1 Å².